The van der Waals surface area contributed by atoms with Gasteiger partial charge in [0, 0.05) is 25.2 Å². The Labute approximate surface area is 153 Å². The second-order valence-electron chi connectivity index (χ2n) is 7.01. The number of halogens is 1. The number of carbonyl (C=O) groups is 1. The number of hydrogen-bond acceptors (Lipinski definition) is 2. The molecule has 4 rings (SSSR count). The Morgan fingerprint density at radius 3 is 2.62 bits per heavy atom. The minimum absolute atomic E-state index is 0.113. The molecule has 1 fully saturated rings. The first kappa shape index (κ1) is 17.0. The highest BCUT2D eigenvalue weighted by Gasteiger charge is 2.25. The first-order chi connectivity index (χ1) is 12.7. The molecule has 2 aliphatic heterocycles. The summed E-state index contributed by atoms with van der Waals surface area (Å²) in [6, 6.07) is 14.6. The lowest BCUT2D eigenvalue weighted by atomic mass is 9.92. The molecule has 1 amide bonds. The molecule has 0 spiro atoms. The maximum absolute atomic E-state index is 13.1. The molecule has 4 heteroatoms. The van der Waals surface area contributed by atoms with Gasteiger partial charge >= 0.3 is 0 Å². The standard InChI is InChI=1S/C22H23FN2O/c23-19-7-5-16(6-8-19)17-10-13-25(14-11-17)22(26)21-4-2-1-3-20(21)18-9-12-24-15-18/h1-8,10,18,24H,9,11-15H2/t18-/m0/s1. The summed E-state index contributed by atoms with van der Waals surface area (Å²) in [7, 11) is 0. The van der Waals surface area contributed by atoms with Crippen LogP contribution in [0.15, 0.2) is 54.6 Å². The van der Waals surface area contributed by atoms with E-state index in [-0.39, 0.29) is 11.7 Å². The van der Waals surface area contributed by atoms with Crippen LogP contribution in [0.3, 0.4) is 0 Å². The van der Waals surface area contributed by atoms with Gasteiger partial charge in [-0.25, -0.2) is 4.39 Å². The second-order valence-corrected chi connectivity index (χ2v) is 7.01. The summed E-state index contributed by atoms with van der Waals surface area (Å²) in [6.45, 7) is 3.25. The molecular weight excluding hydrogens is 327 g/mol. The molecule has 134 valence electrons. The van der Waals surface area contributed by atoms with Gasteiger partial charge < -0.3 is 10.2 Å². The molecule has 0 radical (unpaired) electrons. The fourth-order valence-corrected chi connectivity index (χ4v) is 3.92. The molecule has 0 bridgehead atoms. The van der Waals surface area contributed by atoms with E-state index >= 15 is 0 Å². The van der Waals surface area contributed by atoms with Crippen LogP contribution in [0.1, 0.15) is 40.2 Å². The zero-order valence-corrected chi connectivity index (χ0v) is 14.7. The van der Waals surface area contributed by atoms with E-state index in [1.54, 1.807) is 12.1 Å². The smallest absolute Gasteiger partial charge is 0.254 e. The van der Waals surface area contributed by atoms with Gasteiger partial charge in [-0.15, -0.1) is 0 Å². The third kappa shape index (κ3) is 3.42. The van der Waals surface area contributed by atoms with Crippen LogP contribution in [-0.2, 0) is 0 Å². The molecule has 1 N–H and O–H groups in total. The van der Waals surface area contributed by atoms with E-state index in [9.17, 15) is 9.18 Å². The van der Waals surface area contributed by atoms with Gasteiger partial charge in [-0.05, 0) is 60.2 Å². The van der Waals surface area contributed by atoms with Crippen molar-refractivity contribution < 1.29 is 9.18 Å². The highest BCUT2D eigenvalue weighted by Crippen LogP contribution is 2.28. The van der Waals surface area contributed by atoms with E-state index in [2.05, 4.69) is 17.5 Å². The van der Waals surface area contributed by atoms with Crippen molar-refractivity contribution in [1.82, 2.24) is 10.2 Å². The highest BCUT2D eigenvalue weighted by atomic mass is 19.1. The van der Waals surface area contributed by atoms with Crippen LogP contribution < -0.4 is 5.32 Å². The summed E-state index contributed by atoms with van der Waals surface area (Å²) in [5.74, 6) is 0.312. The third-order valence-electron chi connectivity index (χ3n) is 5.40. The van der Waals surface area contributed by atoms with Crippen molar-refractivity contribution in [1.29, 1.82) is 0 Å². The van der Waals surface area contributed by atoms with E-state index < -0.39 is 0 Å². The van der Waals surface area contributed by atoms with Crippen LogP contribution in [0.25, 0.3) is 5.57 Å². The van der Waals surface area contributed by atoms with Crippen LogP contribution in [0.4, 0.5) is 4.39 Å². The Hall–Kier alpha value is -2.46. The topological polar surface area (TPSA) is 32.3 Å². The van der Waals surface area contributed by atoms with Crippen molar-refractivity contribution in [3.63, 3.8) is 0 Å². The lowest BCUT2D eigenvalue weighted by Gasteiger charge is -2.28. The number of rotatable bonds is 3. The van der Waals surface area contributed by atoms with Crippen molar-refractivity contribution >= 4 is 11.5 Å². The summed E-state index contributed by atoms with van der Waals surface area (Å²) in [4.78, 5) is 15.0. The van der Waals surface area contributed by atoms with Crippen LogP contribution in [0.5, 0.6) is 0 Å². The highest BCUT2D eigenvalue weighted by molar-refractivity contribution is 5.96. The number of nitrogens with zero attached hydrogens (tertiary/aromatic N) is 1. The fraction of sp³-hybridized carbons (Fsp3) is 0.318. The van der Waals surface area contributed by atoms with Gasteiger partial charge in [0.25, 0.3) is 5.91 Å². The molecule has 2 aliphatic rings. The SMILES string of the molecule is O=C(c1ccccc1[C@H]1CCNC1)N1CC=C(c2ccc(F)cc2)CC1. The van der Waals surface area contributed by atoms with Crippen molar-refractivity contribution in [2.75, 3.05) is 26.2 Å². The zero-order valence-electron chi connectivity index (χ0n) is 14.7. The second kappa shape index (κ2) is 7.42. The Morgan fingerprint density at radius 2 is 1.92 bits per heavy atom. The fourth-order valence-electron chi connectivity index (χ4n) is 3.92. The Bertz CT molecular complexity index is 822. The molecule has 0 saturated carbocycles. The molecule has 2 aromatic carbocycles. The van der Waals surface area contributed by atoms with Gasteiger partial charge in [0.05, 0.1) is 0 Å². The quantitative estimate of drug-likeness (QED) is 0.912. The van der Waals surface area contributed by atoms with Crippen LogP contribution in [-0.4, -0.2) is 37.0 Å². The van der Waals surface area contributed by atoms with Crippen molar-refractivity contribution in [2.45, 2.75) is 18.8 Å². The molecule has 0 aromatic heterocycles. The van der Waals surface area contributed by atoms with Crippen molar-refractivity contribution in [2.24, 2.45) is 0 Å². The monoisotopic (exact) mass is 350 g/mol. The first-order valence-electron chi connectivity index (χ1n) is 9.26. The minimum Gasteiger partial charge on any atom is -0.335 e. The number of nitrogens with one attached hydrogen (secondary N) is 1. The molecule has 1 saturated heterocycles. The molecule has 0 unspecified atom stereocenters. The lowest BCUT2D eigenvalue weighted by molar-refractivity contribution is 0.0771. The Kier molecular flexibility index (Phi) is 4.85. The molecule has 26 heavy (non-hydrogen) atoms. The van der Waals surface area contributed by atoms with Crippen molar-refractivity contribution in [3.8, 4) is 0 Å². The third-order valence-corrected chi connectivity index (χ3v) is 5.40. The predicted molar refractivity (Wildman–Crippen MR) is 102 cm³/mol. The Morgan fingerprint density at radius 1 is 1.12 bits per heavy atom. The van der Waals surface area contributed by atoms with E-state index in [0.29, 0.717) is 19.0 Å². The largest absolute Gasteiger partial charge is 0.335 e. The summed E-state index contributed by atoms with van der Waals surface area (Å²) >= 11 is 0. The van der Waals surface area contributed by atoms with Gasteiger partial charge in [0.1, 0.15) is 5.82 Å². The van der Waals surface area contributed by atoms with E-state index in [0.717, 1.165) is 42.6 Å². The van der Waals surface area contributed by atoms with E-state index in [1.807, 2.05) is 23.1 Å². The number of benzene rings is 2. The average molecular weight is 350 g/mol. The summed E-state index contributed by atoms with van der Waals surface area (Å²) < 4.78 is 13.1. The average Bonchev–Trinajstić information content (AvgIpc) is 3.23. The molecule has 0 aliphatic carbocycles. The predicted octanol–water partition coefficient (Wildman–Crippen LogP) is 3.83. The summed E-state index contributed by atoms with van der Waals surface area (Å²) in [5.41, 5.74) is 4.22. The number of hydrogen-bond donors (Lipinski definition) is 1. The molecular formula is C22H23FN2O. The summed E-state index contributed by atoms with van der Waals surface area (Å²) in [6.07, 6.45) is 3.97. The molecule has 3 nitrogen and oxygen atoms in total. The van der Waals surface area contributed by atoms with Crippen LogP contribution in [0.2, 0.25) is 0 Å². The maximum Gasteiger partial charge on any atom is 0.254 e. The molecule has 1 atom stereocenters. The first-order valence-corrected chi connectivity index (χ1v) is 9.26. The lowest BCUT2D eigenvalue weighted by Crippen LogP contribution is -2.35. The molecule has 2 aromatic rings. The maximum atomic E-state index is 13.1. The number of carbonyl (C=O) groups excluding carboxylic acids is 1. The van der Waals surface area contributed by atoms with Gasteiger partial charge in [-0.2, -0.15) is 0 Å². The van der Waals surface area contributed by atoms with Gasteiger partial charge in [-0.1, -0.05) is 36.4 Å². The van der Waals surface area contributed by atoms with Crippen LogP contribution >= 0.6 is 0 Å². The van der Waals surface area contributed by atoms with E-state index in [1.165, 1.54) is 17.7 Å². The Balaban J connectivity index is 1.51. The minimum atomic E-state index is -0.222. The zero-order chi connectivity index (χ0) is 17.9. The van der Waals surface area contributed by atoms with Gasteiger partial charge in [0.15, 0.2) is 0 Å². The van der Waals surface area contributed by atoms with Crippen LogP contribution in [0, 0.1) is 5.82 Å². The van der Waals surface area contributed by atoms with E-state index in [4.69, 9.17) is 0 Å². The summed E-state index contributed by atoms with van der Waals surface area (Å²) in [5, 5.41) is 3.38. The van der Waals surface area contributed by atoms with Gasteiger partial charge in [-0.3, -0.25) is 4.79 Å². The molecule has 2 heterocycles. The van der Waals surface area contributed by atoms with Gasteiger partial charge in [0.2, 0.25) is 0 Å². The van der Waals surface area contributed by atoms with Crippen molar-refractivity contribution in [3.05, 3.63) is 77.1 Å². The number of amides is 1. The normalized spacial score (nSPS) is 20.1.